The molecule has 1 aliphatic rings. The Hall–Kier alpha value is -1.75. The van der Waals surface area contributed by atoms with Gasteiger partial charge in [0.2, 0.25) is 11.8 Å². The SMILES string of the molecule is COc1cc(Cl)c(C)cc1N(CCC(=O)N1CCC(C)CC1)C(C)=O. The molecule has 2 amide bonds. The van der Waals surface area contributed by atoms with Gasteiger partial charge in [-0.1, -0.05) is 18.5 Å². The van der Waals surface area contributed by atoms with Crippen LogP contribution in [0.5, 0.6) is 5.75 Å². The van der Waals surface area contributed by atoms with Crippen LogP contribution in [0.15, 0.2) is 12.1 Å². The van der Waals surface area contributed by atoms with E-state index in [9.17, 15) is 9.59 Å². The van der Waals surface area contributed by atoms with E-state index < -0.39 is 0 Å². The molecule has 2 rings (SSSR count). The lowest BCUT2D eigenvalue weighted by Crippen LogP contribution is -2.40. The van der Waals surface area contributed by atoms with Crippen LogP contribution in [0.1, 0.15) is 38.7 Å². The zero-order valence-electron chi connectivity index (χ0n) is 15.5. The highest BCUT2D eigenvalue weighted by Crippen LogP contribution is 2.34. The van der Waals surface area contributed by atoms with Crippen molar-refractivity contribution in [2.24, 2.45) is 5.92 Å². The number of anilines is 1. The van der Waals surface area contributed by atoms with Crippen LogP contribution < -0.4 is 9.64 Å². The number of rotatable bonds is 5. The molecule has 0 aromatic heterocycles. The first kappa shape index (κ1) is 19.6. The molecule has 0 N–H and O–H groups in total. The van der Waals surface area contributed by atoms with Gasteiger partial charge >= 0.3 is 0 Å². The fourth-order valence-corrected chi connectivity index (χ4v) is 3.25. The number of aryl methyl sites for hydroxylation is 1. The van der Waals surface area contributed by atoms with Crippen molar-refractivity contribution in [2.75, 3.05) is 31.6 Å². The molecule has 0 bridgehead atoms. The zero-order chi connectivity index (χ0) is 18.6. The van der Waals surface area contributed by atoms with Gasteiger partial charge in [-0.25, -0.2) is 0 Å². The number of hydrogen-bond donors (Lipinski definition) is 0. The van der Waals surface area contributed by atoms with Gasteiger partial charge in [0.15, 0.2) is 0 Å². The molecule has 1 aromatic rings. The Morgan fingerprint density at radius 2 is 1.96 bits per heavy atom. The summed E-state index contributed by atoms with van der Waals surface area (Å²) in [5.41, 5.74) is 1.51. The highest BCUT2D eigenvalue weighted by molar-refractivity contribution is 6.31. The molecule has 138 valence electrons. The van der Waals surface area contributed by atoms with Gasteiger partial charge in [-0.3, -0.25) is 9.59 Å². The van der Waals surface area contributed by atoms with Gasteiger partial charge in [0.05, 0.1) is 12.8 Å². The van der Waals surface area contributed by atoms with E-state index in [1.807, 2.05) is 17.9 Å². The van der Waals surface area contributed by atoms with E-state index >= 15 is 0 Å². The van der Waals surface area contributed by atoms with Gasteiger partial charge in [0, 0.05) is 44.1 Å². The van der Waals surface area contributed by atoms with Crippen LogP contribution in [-0.2, 0) is 9.59 Å². The quantitative estimate of drug-likeness (QED) is 0.799. The topological polar surface area (TPSA) is 49.9 Å². The molecular formula is C19H27ClN2O3. The van der Waals surface area contributed by atoms with Gasteiger partial charge in [0.25, 0.3) is 0 Å². The average molecular weight is 367 g/mol. The minimum atomic E-state index is -0.125. The van der Waals surface area contributed by atoms with E-state index in [-0.39, 0.29) is 11.8 Å². The summed E-state index contributed by atoms with van der Waals surface area (Å²) in [6, 6.07) is 3.53. The zero-order valence-corrected chi connectivity index (χ0v) is 16.2. The molecule has 1 aliphatic heterocycles. The number of amides is 2. The van der Waals surface area contributed by atoms with Crippen LogP contribution in [-0.4, -0.2) is 43.5 Å². The van der Waals surface area contributed by atoms with Crippen LogP contribution in [0.4, 0.5) is 5.69 Å². The van der Waals surface area contributed by atoms with Crippen molar-refractivity contribution < 1.29 is 14.3 Å². The van der Waals surface area contributed by atoms with Crippen LogP contribution in [0.2, 0.25) is 5.02 Å². The molecule has 6 heteroatoms. The molecule has 0 unspecified atom stereocenters. The summed E-state index contributed by atoms with van der Waals surface area (Å²) >= 11 is 6.15. The lowest BCUT2D eigenvalue weighted by molar-refractivity contribution is -0.132. The molecule has 0 saturated carbocycles. The molecule has 1 heterocycles. The van der Waals surface area contributed by atoms with Crippen molar-refractivity contribution >= 4 is 29.1 Å². The monoisotopic (exact) mass is 366 g/mol. The van der Waals surface area contributed by atoms with Crippen LogP contribution in [0, 0.1) is 12.8 Å². The molecule has 0 radical (unpaired) electrons. The number of benzene rings is 1. The van der Waals surface area contributed by atoms with Crippen molar-refractivity contribution in [1.29, 1.82) is 0 Å². The summed E-state index contributed by atoms with van der Waals surface area (Å²) < 4.78 is 5.37. The maximum atomic E-state index is 12.5. The second kappa shape index (κ2) is 8.56. The van der Waals surface area contributed by atoms with E-state index in [1.54, 1.807) is 18.1 Å². The predicted octanol–water partition coefficient (Wildman–Crippen LogP) is 3.66. The normalized spacial score (nSPS) is 15.2. The Balaban J connectivity index is 2.10. The van der Waals surface area contributed by atoms with E-state index in [4.69, 9.17) is 16.3 Å². The molecule has 5 nitrogen and oxygen atoms in total. The number of nitrogens with zero attached hydrogens (tertiary/aromatic N) is 2. The van der Waals surface area contributed by atoms with Crippen LogP contribution in [0.3, 0.4) is 0 Å². The van der Waals surface area contributed by atoms with E-state index in [2.05, 4.69) is 6.92 Å². The molecule has 0 aliphatic carbocycles. The number of hydrogen-bond acceptors (Lipinski definition) is 3. The Morgan fingerprint density at radius 3 is 2.52 bits per heavy atom. The van der Waals surface area contributed by atoms with Gasteiger partial charge < -0.3 is 14.5 Å². The van der Waals surface area contributed by atoms with Crippen molar-refractivity contribution in [2.45, 2.75) is 40.0 Å². The first-order valence-electron chi connectivity index (χ1n) is 8.73. The van der Waals surface area contributed by atoms with Gasteiger partial charge in [-0.15, -0.1) is 0 Å². The molecule has 1 saturated heterocycles. The average Bonchev–Trinajstić information content (AvgIpc) is 2.58. The number of piperidine rings is 1. The van der Waals surface area contributed by atoms with Gasteiger partial charge in [-0.2, -0.15) is 0 Å². The number of ether oxygens (including phenoxy) is 1. The highest BCUT2D eigenvalue weighted by atomic mass is 35.5. The van der Waals surface area contributed by atoms with Crippen molar-refractivity contribution in [3.8, 4) is 5.75 Å². The van der Waals surface area contributed by atoms with Crippen LogP contribution >= 0.6 is 11.6 Å². The van der Waals surface area contributed by atoms with Crippen LogP contribution in [0.25, 0.3) is 0 Å². The summed E-state index contributed by atoms with van der Waals surface area (Å²) in [5, 5.41) is 0.586. The number of methoxy groups -OCH3 is 1. The second-order valence-corrected chi connectivity index (χ2v) is 7.16. The van der Waals surface area contributed by atoms with E-state index in [1.165, 1.54) is 6.92 Å². The lowest BCUT2D eigenvalue weighted by Gasteiger charge is -2.31. The molecule has 0 spiro atoms. The van der Waals surface area contributed by atoms with Crippen molar-refractivity contribution in [1.82, 2.24) is 4.90 Å². The largest absolute Gasteiger partial charge is 0.495 e. The summed E-state index contributed by atoms with van der Waals surface area (Å²) in [6.07, 6.45) is 2.40. The minimum absolute atomic E-state index is 0.0998. The van der Waals surface area contributed by atoms with Gasteiger partial charge in [-0.05, 0) is 37.3 Å². The summed E-state index contributed by atoms with van der Waals surface area (Å²) in [5.74, 6) is 1.19. The summed E-state index contributed by atoms with van der Waals surface area (Å²) in [6.45, 7) is 7.54. The second-order valence-electron chi connectivity index (χ2n) is 6.76. The minimum Gasteiger partial charge on any atom is -0.495 e. The molecule has 1 aromatic carbocycles. The first-order valence-corrected chi connectivity index (χ1v) is 9.11. The van der Waals surface area contributed by atoms with Gasteiger partial charge in [0.1, 0.15) is 5.75 Å². The third-order valence-electron chi connectivity index (χ3n) is 4.82. The fourth-order valence-electron chi connectivity index (χ4n) is 3.09. The Morgan fingerprint density at radius 1 is 1.32 bits per heavy atom. The lowest BCUT2D eigenvalue weighted by atomic mass is 9.99. The molecule has 25 heavy (non-hydrogen) atoms. The predicted molar refractivity (Wildman–Crippen MR) is 100 cm³/mol. The third kappa shape index (κ3) is 4.88. The Kier molecular flexibility index (Phi) is 6.71. The molecular weight excluding hydrogens is 340 g/mol. The fraction of sp³-hybridized carbons (Fsp3) is 0.579. The Labute approximate surface area is 154 Å². The number of carbonyl (C=O) groups excluding carboxylic acids is 2. The number of likely N-dealkylation sites (tertiary alicyclic amines) is 1. The van der Waals surface area contributed by atoms with E-state index in [0.717, 1.165) is 31.5 Å². The Bertz CT molecular complexity index is 640. The first-order chi connectivity index (χ1) is 11.8. The standard InChI is InChI=1S/C19H27ClN2O3/c1-13-5-8-21(9-6-13)19(24)7-10-22(15(3)23)17-11-14(2)16(20)12-18(17)25-4/h11-13H,5-10H2,1-4H3. The maximum absolute atomic E-state index is 12.5. The number of carbonyl (C=O) groups is 2. The van der Waals surface area contributed by atoms with Crippen molar-refractivity contribution in [3.05, 3.63) is 22.7 Å². The molecule has 1 fully saturated rings. The third-order valence-corrected chi connectivity index (χ3v) is 5.22. The highest BCUT2D eigenvalue weighted by Gasteiger charge is 2.23. The van der Waals surface area contributed by atoms with E-state index in [0.29, 0.717) is 35.3 Å². The smallest absolute Gasteiger partial charge is 0.224 e. The summed E-state index contributed by atoms with van der Waals surface area (Å²) in [7, 11) is 1.54. The van der Waals surface area contributed by atoms with Crippen molar-refractivity contribution in [3.63, 3.8) is 0 Å². The summed E-state index contributed by atoms with van der Waals surface area (Å²) in [4.78, 5) is 28.1. The maximum Gasteiger partial charge on any atom is 0.224 e. The number of halogens is 1. The molecule has 0 atom stereocenters.